The first-order valence-electron chi connectivity index (χ1n) is 8.64. The Morgan fingerprint density at radius 1 is 1.15 bits per heavy atom. The van der Waals surface area contributed by atoms with Gasteiger partial charge in [0.2, 0.25) is 5.91 Å². The van der Waals surface area contributed by atoms with Gasteiger partial charge < -0.3 is 9.64 Å². The van der Waals surface area contributed by atoms with Gasteiger partial charge in [0, 0.05) is 29.8 Å². The molecule has 1 heterocycles. The fourth-order valence-electron chi connectivity index (χ4n) is 2.89. The Bertz CT molecular complexity index is 837. The number of carbonyl (C=O) groups is 2. The molecule has 1 aliphatic rings. The predicted molar refractivity (Wildman–Crippen MR) is 104 cm³/mol. The van der Waals surface area contributed by atoms with Gasteiger partial charge in [-0.25, -0.2) is 0 Å². The minimum atomic E-state index is -0.0946. The van der Waals surface area contributed by atoms with Crippen LogP contribution in [0.25, 0.3) is 6.08 Å². The van der Waals surface area contributed by atoms with Crippen LogP contribution in [0.5, 0.6) is 5.75 Å². The maximum atomic E-state index is 12.4. The third-order valence-corrected chi connectivity index (χ3v) is 4.23. The molecule has 1 fully saturated rings. The van der Waals surface area contributed by atoms with E-state index in [9.17, 15) is 9.59 Å². The first kappa shape index (κ1) is 17.7. The average molecular weight is 347 g/mol. The summed E-state index contributed by atoms with van der Waals surface area (Å²) in [6.07, 6.45) is 6.44. The zero-order valence-corrected chi connectivity index (χ0v) is 14.6. The van der Waals surface area contributed by atoms with E-state index >= 15 is 0 Å². The molecule has 0 bridgehead atoms. The Morgan fingerprint density at radius 3 is 2.62 bits per heavy atom. The minimum absolute atomic E-state index is 0.0946. The Morgan fingerprint density at radius 2 is 1.92 bits per heavy atom. The SMILES string of the molecule is C=CCOc1ccccc1/C=C/C(=O)c1ccc(N2CCCC2=O)cc1. The van der Waals surface area contributed by atoms with Crippen LogP contribution in [0.15, 0.2) is 67.3 Å². The molecule has 0 radical (unpaired) electrons. The Hall–Kier alpha value is -3.14. The number of hydrogen-bond acceptors (Lipinski definition) is 3. The largest absolute Gasteiger partial charge is 0.489 e. The van der Waals surface area contributed by atoms with Gasteiger partial charge in [-0.15, -0.1) is 0 Å². The molecule has 1 amide bonds. The van der Waals surface area contributed by atoms with E-state index in [0.29, 0.717) is 24.3 Å². The highest BCUT2D eigenvalue weighted by Crippen LogP contribution is 2.23. The van der Waals surface area contributed by atoms with Crippen LogP contribution in [-0.2, 0) is 4.79 Å². The van der Waals surface area contributed by atoms with Crippen molar-refractivity contribution in [3.05, 3.63) is 78.4 Å². The van der Waals surface area contributed by atoms with Crippen molar-refractivity contribution in [3.63, 3.8) is 0 Å². The summed E-state index contributed by atoms with van der Waals surface area (Å²) in [6, 6.07) is 14.7. The second-order valence-corrected chi connectivity index (χ2v) is 6.03. The summed E-state index contributed by atoms with van der Waals surface area (Å²) in [5.74, 6) is 0.752. The van der Waals surface area contributed by atoms with Crippen LogP contribution in [-0.4, -0.2) is 24.8 Å². The normalized spacial score (nSPS) is 14.0. The smallest absolute Gasteiger partial charge is 0.227 e. The number of allylic oxidation sites excluding steroid dienone is 1. The van der Waals surface area contributed by atoms with Crippen molar-refractivity contribution in [1.29, 1.82) is 0 Å². The number of ketones is 1. The second-order valence-electron chi connectivity index (χ2n) is 6.03. The van der Waals surface area contributed by atoms with E-state index < -0.39 is 0 Å². The number of para-hydroxylation sites is 1. The number of carbonyl (C=O) groups excluding carboxylic acids is 2. The predicted octanol–water partition coefficient (Wildman–Crippen LogP) is 4.27. The minimum Gasteiger partial charge on any atom is -0.489 e. The van der Waals surface area contributed by atoms with Crippen molar-refractivity contribution in [2.24, 2.45) is 0 Å². The molecule has 0 saturated carbocycles. The molecule has 0 unspecified atom stereocenters. The topological polar surface area (TPSA) is 46.6 Å². The Kier molecular flexibility index (Phi) is 5.64. The van der Waals surface area contributed by atoms with Gasteiger partial charge in [-0.2, -0.15) is 0 Å². The van der Waals surface area contributed by atoms with Crippen LogP contribution in [0, 0.1) is 0 Å². The van der Waals surface area contributed by atoms with Gasteiger partial charge in [-0.05, 0) is 48.9 Å². The lowest BCUT2D eigenvalue weighted by Gasteiger charge is -2.15. The molecule has 2 aromatic rings. The number of anilines is 1. The van der Waals surface area contributed by atoms with Gasteiger partial charge >= 0.3 is 0 Å². The van der Waals surface area contributed by atoms with Crippen LogP contribution >= 0.6 is 0 Å². The van der Waals surface area contributed by atoms with Crippen molar-refractivity contribution in [1.82, 2.24) is 0 Å². The van der Waals surface area contributed by atoms with Crippen LogP contribution in [0.4, 0.5) is 5.69 Å². The average Bonchev–Trinajstić information content (AvgIpc) is 3.11. The zero-order valence-electron chi connectivity index (χ0n) is 14.6. The number of benzene rings is 2. The Balaban J connectivity index is 1.71. The quantitative estimate of drug-likeness (QED) is 0.427. The molecule has 0 atom stereocenters. The van der Waals surface area contributed by atoms with Gasteiger partial charge in [0.05, 0.1) is 0 Å². The second kappa shape index (κ2) is 8.30. The van der Waals surface area contributed by atoms with E-state index in [4.69, 9.17) is 4.74 Å². The molecule has 132 valence electrons. The molecule has 1 saturated heterocycles. The van der Waals surface area contributed by atoms with Crippen molar-refractivity contribution < 1.29 is 14.3 Å². The number of hydrogen-bond donors (Lipinski definition) is 0. The number of nitrogens with zero attached hydrogens (tertiary/aromatic N) is 1. The molecular formula is C22H21NO3. The standard InChI is InChI=1S/C22H21NO3/c1-2-16-26-21-7-4-3-6-18(21)11-14-20(24)17-9-12-19(13-10-17)23-15-5-8-22(23)25/h2-4,6-7,9-14H,1,5,8,15-16H2/b14-11+. The van der Waals surface area contributed by atoms with E-state index in [1.807, 2.05) is 36.4 Å². The molecular weight excluding hydrogens is 326 g/mol. The monoisotopic (exact) mass is 347 g/mol. The molecule has 2 aromatic carbocycles. The third kappa shape index (κ3) is 4.09. The third-order valence-electron chi connectivity index (χ3n) is 4.23. The maximum absolute atomic E-state index is 12.4. The van der Waals surface area contributed by atoms with Gasteiger partial charge in [-0.1, -0.05) is 30.9 Å². The molecule has 1 aliphatic heterocycles. The summed E-state index contributed by atoms with van der Waals surface area (Å²) in [5, 5.41) is 0. The van der Waals surface area contributed by atoms with Crippen LogP contribution < -0.4 is 9.64 Å². The molecule has 4 nitrogen and oxygen atoms in total. The van der Waals surface area contributed by atoms with Crippen LogP contribution in [0.2, 0.25) is 0 Å². The van der Waals surface area contributed by atoms with E-state index in [1.54, 1.807) is 29.2 Å². The van der Waals surface area contributed by atoms with E-state index in [0.717, 1.165) is 24.2 Å². The lowest BCUT2D eigenvalue weighted by Crippen LogP contribution is -2.23. The fourth-order valence-corrected chi connectivity index (χ4v) is 2.89. The van der Waals surface area contributed by atoms with Crippen LogP contribution in [0.1, 0.15) is 28.8 Å². The molecule has 3 rings (SSSR count). The lowest BCUT2D eigenvalue weighted by molar-refractivity contribution is -0.117. The van der Waals surface area contributed by atoms with Crippen molar-refractivity contribution in [2.45, 2.75) is 12.8 Å². The van der Waals surface area contributed by atoms with E-state index in [2.05, 4.69) is 6.58 Å². The molecule has 0 aromatic heterocycles. The number of amides is 1. The van der Waals surface area contributed by atoms with Crippen LogP contribution in [0.3, 0.4) is 0 Å². The number of ether oxygens (including phenoxy) is 1. The fraction of sp³-hybridized carbons (Fsp3) is 0.182. The summed E-state index contributed by atoms with van der Waals surface area (Å²) in [5.41, 5.74) is 2.26. The summed E-state index contributed by atoms with van der Waals surface area (Å²) < 4.78 is 5.59. The highest BCUT2D eigenvalue weighted by atomic mass is 16.5. The van der Waals surface area contributed by atoms with Gasteiger partial charge in [-0.3, -0.25) is 9.59 Å². The zero-order chi connectivity index (χ0) is 18.4. The molecule has 4 heteroatoms. The molecule has 0 aliphatic carbocycles. The first-order valence-corrected chi connectivity index (χ1v) is 8.64. The van der Waals surface area contributed by atoms with Gasteiger partial charge in [0.1, 0.15) is 12.4 Å². The highest BCUT2D eigenvalue weighted by molar-refractivity contribution is 6.07. The first-order chi connectivity index (χ1) is 12.7. The lowest BCUT2D eigenvalue weighted by atomic mass is 10.1. The van der Waals surface area contributed by atoms with Crippen molar-refractivity contribution in [2.75, 3.05) is 18.1 Å². The molecule has 0 spiro atoms. The summed E-state index contributed by atoms with van der Waals surface area (Å²) in [7, 11) is 0. The summed E-state index contributed by atoms with van der Waals surface area (Å²) in [4.78, 5) is 26.0. The highest BCUT2D eigenvalue weighted by Gasteiger charge is 2.21. The van der Waals surface area contributed by atoms with E-state index in [-0.39, 0.29) is 11.7 Å². The summed E-state index contributed by atoms with van der Waals surface area (Å²) in [6.45, 7) is 4.79. The van der Waals surface area contributed by atoms with E-state index in [1.165, 1.54) is 6.08 Å². The van der Waals surface area contributed by atoms with Crippen molar-refractivity contribution in [3.8, 4) is 5.75 Å². The maximum Gasteiger partial charge on any atom is 0.227 e. The summed E-state index contributed by atoms with van der Waals surface area (Å²) >= 11 is 0. The van der Waals surface area contributed by atoms with Gasteiger partial charge in [0.15, 0.2) is 5.78 Å². The van der Waals surface area contributed by atoms with Crippen molar-refractivity contribution >= 4 is 23.5 Å². The number of rotatable bonds is 7. The molecule has 26 heavy (non-hydrogen) atoms. The van der Waals surface area contributed by atoms with Gasteiger partial charge in [0.25, 0.3) is 0 Å². The molecule has 0 N–H and O–H groups in total. The Labute approximate surface area is 153 Å².